The first-order valence-electron chi connectivity index (χ1n) is 6.57. The molecule has 0 saturated carbocycles. The average Bonchev–Trinajstić information content (AvgIpc) is 2.91. The van der Waals surface area contributed by atoms with E-state index in [0.29, 0.717) is 30.3 Å². The maximum Gasteiger partial charge on any atom is 0.319 e. The number of aliphatic carboxylic acids is 1. The second kappa shape index (κ2) is 6.91. The molecule has 1 fully saturated rings. The molecule has 1 aromatic carbocycles. The number of nitrogens with one attached hydrogen (secondary N) is 2. The normalized spacial score (nSPS) is 17.7. The lowest BCUT2D eigenvalue weighted by Crippen LogP contribution is -2.33. The number of carboxylic acids is 1. The summed E-state index contributed by atoms with van der Waals surface area (Å²) in [6.07, 6.45) is 0.836. The van der Waals surface area contributed by atoms with Crippen LogP contribution in [0.15, 0.2) is 24.3 Å². The summed E-state index contributed by atoms with van der Waals surface area (Å²) in [5.74, 6) is -0.572. The summed E-state index contributed by atoms with van der Waals surface area (Å²) in [5, 5.41) is 14.3. The molecular formula is C14H18N2O4. The summed E-state index contributed by atoms with van der Waals surface area (Å²) in [7, 11) is 0. The maximum absolute atomic E-state index is 11.8. The van der Waals surface area contributed by atoms with E-state index in [1.807, 2.05) is 0 Å². The van der Waals surface area contributed by atoms with Crippen LogP contribution in [-0.2, 0) is 16.0 Å². The Morgan fingerprint density at radius 2 is 2.15 bits per heavy atom. The topological polar surface area (TPSA) is 87.7 Å². The first kappa shape index (κ1) is 14.3. The smallest absolute Gasteiger partial charge is 0.319 e. The molecule has 108 valence electrons. The highest BCUT2D eigenvalue weighted by Gasteiger charge is 2.16. The van der Waals surface area contributed by atoms with Crippen molar-refractivity contribution in [1.29, 1.82) is 0 Å². The molecule has 2 amide bonds. The van der Waals surface area contributed by atoms with E-state index in [0.717, 1.165) is 13.0 Å². The van der Waals surface area contributed by atoms with Crippen molar-refractivity contribution in [3.05, 3.63) is 29.8 Å². The predicted octanol–water partition coefficient (Wildman–Crippen LogP) is 1.47. The molecule has 0 radical (unpaired) electrons. The van der Waals surface area contributed by atoms with E-state index in [2.05, 4.69) is 10.6 Å². The Hall–Kier alpha value is -2.08. The number of anilines is 1. The summed E-state index contributed by atoms with van der Waals surface area (Å²) in [6, 6.07) is 6.56. The number of carbonyl (C=O) groups is 2. The number of para-hydroxylation sites is 1. The summed E-state index contributed by atoms with van der Waals surface area (Å²) >= 11 is 0. The van der Waals surface area contributed by atoms with E-state index < -0.39 is 5.97 Å². The van der Waals surface area contributed by atoms with Gasteiger partial charge < -0.3 is 20.5 Å². The SMILES string of the molecule is O=C(O)Cc1ccccc1NC(=O)NCC1CCOC1. The molecule has 6 nitrogen and oxygen atoms in total. The average molecular weight is 278 g/mol. The lowest BCUT2D eigenvalue weighted by atomic mass is 10.1. The second-order valence-electron chi connectivity index (χ2n) is 4.79. The second-order valence-corrected chi connectivity index (χ2v) is 4.79. The molecule has 6 heteroatoms. The summed E-state index contributed by atoms with van der Waals surface area (Å²) in [5.41, 5.74) is 1.11. The first-order chi connectivity index (χ1) is 9.65. The van der Waals surface area contributed by atoms with Gasteiger partial charge in [0.2, 0.25) is 0 Å². The summed E-state index contributed by atoms with van der Waals surface area (Å²) < 4.78 is 5.23. The van der Waals surface area contributed by atoms with Gasteiger partial charge in [-0.15, -0.1) is 0 Å². The molecule has 0 spiro atoms. The minimum absolute atomic E-state index is 0.118. The molecule has 1 aromatic rings. The van der Waals surface area contributed by atoms with Crippen molar-refractivity contribution in [2.45, 2.75) is 12.8 Å². The van der Waals surface area contributed by atoms with E-state index >= 15 is 0 Å². The molecule has 1 saturated heterocycles. The number of hydrogen-bond donors (Lipinski definition) is 3. The zero-order valence-electron chi connectivity index (χ0n) is 11.1. The zero-order chi connectivity index (χ0) is 14.4. The number of rotatable bonds is 5. The van der Waals surface area contributed by atoms with Crippen LogP contribution < -0.4 is 10.6 Å². The molecule has 0 aromatic heterocycles. The van der Waals surface area contributed by atoms with Crippen molar-refractivity contribution in [3.63, 3.8) is 0 Å². The van der Waals surface area contributed by atoms with Gasteiger partial charge in [0, 0.05) is 24.8 Å². The third kappa shape index (κ3) is 4.24. The highest BCUT2D eigenvalue weighted by molar-refractivity contribution is 5.90. The van der Waals surface area contributed by atoms with Crippen LogP contribution in [0.1, 0.15) is 12.0 Å². The molecule has 2 rings (SSSR count). The zero-order valence-corrected chi connectivity index (χ0v) is 11.1. The number of carbonyl (C=O) groups excluding carboxylic acids is 1. The maximum atomic E-state index is 11.8. The molecule has 1 aliphatic rings. The van der Waals surface area contributed by atoms with E-state index in [9.17, 15) is 9.59 Å². The standard InChI is InChI=1S/C14H18N2O4/c17-13(18)7-11-3-1-2-4-12(11)16-14(19)15-8-10-5-6-20-9-10/h1-4,10H,5-9H2,(H,17,18)(H2,15,16,19). The molecule has 20 heavy (non-hydrogen) atoms. The number of benzene rings is 1. The number of amides is 2. The van der Waals surface area contributed by atoms with Gasteiger partial charge in [0.15, 0.2) is 0 Å². The van der Waals surface area contributed by atoms with Crippen molar-refractivity contribution < 1.29 is 19.4 Å². The fourth-order valence-electron chi connectivity index (χ4n) is 2.11. The van der Waals surface area contributed by atoms with Gasteiger partial charge in [-0.2, -0.15) is 0 Å². The van der Waals surface area contributed by atoms with Crippen LogP contribution in [0.5, 0.6) is 0 Å². The van der Waals surface area contributed by atoms with Crippen molar-refractivity contribution >= 4 is 17.7 Å². The minimum Gasteiger partial charge on any atom is -0.481 e. The highest BCUT2D eigenvalue weighted by Crippen LogP contribution is 2.16. The lowest BCUT2D eigenvalue weighted by Gasteiger charge is -2.12. The van der Waals surface area contributed by atoms with Gasteiger partial charge in [0.25, 0.3) is 0 Å². The quantitative estimate of drug-likeness (QED) is 0.761. The summed E-state index contributed by atoms with van der Waals surface area (Å²) in [4.78, 5) is 22.6. The Morgan fingerprint density at radius 1 is 1.35 bits per heavy atom. The summed E-state index contributed by atoms with van der Waals surface area (Å²) in [6.45, 7) is 1.98. The molecule has 0 aliphatic carbocycles. The van der Waals surface area contributed by atoms with Crippen LogP contribution in [0.2, 0.25) is 0 Å². The monoisotopic (exact) mass is 278 g/mol. The number of hydrogen-bond acceptors (Lipinski definition) is 3. The molecule has 1 aliphatic heterocycles. The van der Waals surface area contributed by atoms with Crippen LogP contribution in [0.4, 0.5) is 10.5 Å². The molecule has 3 N–H and O–H groups in total. The third-order valence-electron chi connectivity index (χ3n) is 3.18. The Balaban J connectivity index is 1.88. The molecule has 1 heterocycles. The molecule has 1 atom stereocenters. The minimum atomic E-state index is -0.928. The Kier molecular flexibility index (Phi) is 4.95. The van der Waals surface area contributed by atoms with Gasteiger partial charge in [0.1, 0.15) is 0 Å². The van der Waals surface area contributed by atoms with Crippen molar-refractivity contribution in [2.24, 2.45) is 5.92 Å². The number of ether oxygens (including phenoxy) is 1. The van der Waals surface area contributed by atoms with Gasteiger partial charge >= 0.3 is 12.0 Å². The largest absolute Gasteiger partial charge is 0.481 e. The highest BCUT2D eigenvalue weighted by atomic mass is 16.5. The third-order valence-corrected chi connectivity index (χ3v) is 3.18. The van der Waals surface area contributed by atoms with Crippen LogP contribution in [0, 0.1) is 5.92 Å². The van der Waals surface area contributed by atoms with Gasteiger partial charge in [-0.05, 0) is 18.1 Å². The van der Waals surface area contributed by atoms with Crippen molar-refractivity contribution in [2.75, 3.05) is 25.1 Å². The molecule has 1 unspecified atom stereocenters. The number of carboxylic acid groups (broad SMARTS) is 1. The van der Waals surface area contributed by atoms with Crippen LogP contribution >= 0.6 is 0 Å². The fraction of sp³-hybridized carbons (Fsp3) is 0.429. The van der Waals surface area contributed by atoms with E-state index in [4.69, 9.17) is 9.84 Å². The van der Waals surface area contributed by atoms with Gasteiger partial charge in [-0.3, -0.25) is 4.79 Å². The van der Waals surface area contributed by atoms with E-state index in [1.165, 1.54) is 0 Å². The van der Waals surface area contributed by atoms with Crippen molar-refractivity contribution in [3.8, 4) is 0 Å². The molecule has 0 bridgehead atoms. The van der Waals surface area contributed by atoms with Crippen LogP contribution in [-0.4, -0.2) is 36.9 Å². The van der Waals surface area contributed by atoms with Crippen LogP contribution in [0.25, 0.3) is 0 Å². The lowest BCUT2D eigenvalue weighted by molar-refractivity contribution is -0.136. The Morgan fingerprint density at radius 3 is 2.85 bits per heavy atom. The first-order valence-corrected chi connectivity index (χ1v) is 6.57. The molecular weight excluding hydrogens is 260 g/mol. The predicted molar refractivity (Wildman–Crippen MR) is 73.7 cm³/mol. The van der Waals surface area contributed by atoms with Gasteiger partial charge in [0.05, 0.1) is 13.0 Å². The van der Waals surface area contributed by atoms with Crippen molar-refractivity contribution in [1.82, 2.24) is 5.32 Å². The fourth-order valence-corrected chi connectivity index (χ4v) is 2.11. The van der Waals surface area contributed by atoms with Crippen LogP contribution in [0.3, 0.4) is 0 Å². The van der Waals surface area contributed by atoms with E-state index in [1.54, 1.807) is 24.3 Å². The number of urea groups is 1. The van der Waals surface area contributed by atoms with E-state index in [-0.39, 0.29) is 12.5 Å². The van der Waals surface area contributed by atoms with Gasteiger partial charge in [-0.25, -0.2) is 4.79 Å². The Labute approximate surface area is 117 Å². The Bertz CT molecular complexity index is 484. The van der Waals surface area contributed by atoms with Gasteiger partial charge in [-0.1, -0.05) is 18.2 Å².